The highest BCUT2D eigenvalue weighted by atomic mass is 35.5. The molecular formula is C26H21ClN2O4S2. The molecule has 1 aliphatic rings. The normalized spacial score (nSPS) is 14.3. The Bertz CT molecular complexity index is 1280. The molecule has 1 heterocycles. The number of ether oxygens (including phenoxy) is 2. The molecule has 3 aromatic rings. The zero-order chi connectivity index (χ0) is 24.8. The summed E-state index contributed by atoms with van der Waals surface area (Å²) in [5.41, 5.74) is 1.95. The average molecular weight is 525 g/mol. The number of rotatable bonds is 8. The van der Waals surface area contributed by atoms with Crippen LogP contribution in [0.1, 0.15) is 12.5 Å². The molecule has 3 aromatic carbocycles. The lowest BCUT2D eigenvalue weighted by Crippen LogP contribution is -2.27. The van der Waals surface area contributed by atoms with Crippen LogP contribution >= 0.6 is 35.6 Å². The summed E-state index contributed by atoms with van der Waals surface area (Å²) < 4.78 is 11.6. The summed E-state index contributed by atoms with van der Waals surface area (Å²) in [7, 11) is 0. The van der Waals surface area contributed by atoms with E-state index >= 15 is 0 Å². The molecule has 0 spiro atoms. The lowest BCUT2D eigenvalue weighted by molar-refractivity contribution is -0.118. The Morgan fingerprint density at radius 1 is 1.06 bits per heavy atom. The monoisotopic (exact) mass is 524 g/mol. The summed E-state index contributed by atoms with van der Waals surface area (Å²) in [5.74, 6) is 0.673. The van der Waals surface area contributed by atoms with Gasteiger partial charge >= 0.3 is 0 Å². The predicted octanol–water partition coefficient (Wildman–Crippen LogP) is 6.16. The summed E-state index contributed by atoms with van der Waals surface area (Å²) >= 11 is 12.6. The number of carbonyl (C=O) groups is 2. The Hall–Kier alpha value is -3.33. The van der Waals surface area contributed by atoms with Crippen LogP contribution in [-0.4, -0.2) is 29.3 Å². The molecule has 9 heteroatoms. The summed E-state index contributed by atoms with van der Waals surface area (Å²) in [6.45, 7) is 2.29. The van der Waals surface area contributed by atoms with Crippen molar-refractivity contribution in [3.05, 3.63) is 88.3 Å². The van der Waals surface area contributed by atoms with E-state index in [0.29, 0.717) is 43.5 Å². The van der Waals surface area contributed by atoms with Gasteiger partial charge < -0.3 is 14.8 Å². The average Bonchev–Trinajstić information content (AvgIpc) is 3.13. The quantitative estimate of drug-likeness (QED) is 0.281. The number of hydrogen-bond acceptors (Lipinski definition) is 6. The molecule has 1 aliphatic heterocycles. The molecule has 1 saturated heterocycles. The molecule has 0 saturated carbocycles. The zero-order valence-corrected chi connectivity index (χ0v) is 21.1. The maximum absolute atomic E-state index is 13.1. The molecule has 6 nitrogen and oxygen atoms in total. The summed E-state index contributed by atoms with van der Waals surface area (Å²) in [4.78, 5) is 27.4. The second-order valence-electron chi connectivity index (χ2n) is 7.33. The maximum atomic E-state index is 13.1. The Labute approximate surface area is 217 Å². The first-order valence-corrected chi connectivity index (χ1v) is 12.3. The fourth-order valence-electron chi connectivity index (χ4n) is 3.29. The van der Waals surface area contributed by atoms with Gasteiger partial charge in [-0.3, -0.25) is 14.5 Å². The van der Waals surface area contributed by atoms with Gasteiger partial charge in [-0.05, 0) is 67.6 Å². The molecule has 1 N–H and O–H groups in total. The van der Waals surface area contributed by atoms with Crippen molar-refractivity contribution in [2.75, 3.05) is 23.4 Å². The Balaban J connectivity index is 1.43. The van der Waals surface area contributed by atoms with Gasteiger partial charge in [0, 0.05) is 16.3 Å². The van der Waals surface area contributed by atoms with Gasteiger partial charge in [0.1, 0.15) is 11.5 Å². The van der Waals surface area contributed by atoms with Gasteiger partial charge in [-0.25, -0.2) is 0 Å². The molecule has 4 rings (SSSR count). The third-order valence-electron chi connectivity index (χ3n) is 4.89. The van der Waals surface area contributed by atoms with Crippen LogP contribution in [0, 0.1) is 0 Å². The lowest BCUT2D eigenvalue weighted by atomic mass is 10.2. The molecule has 0 aromatic heterocycles. The fourth-order valence-corrected chi connectivity index (χ4v) is 4.71. The van der Waals surface area contributed by atoms with Crippen molar-refractivity contribution < 1.29 is 19.1 Å². The van der Waals surface area contributed by atoms with Crippen molar-refractivity contribution in [2.45, 2.75) is 6.92 Å². The molecule has 0 bridgehead atoms. The van der Waals surface area contributed by atoms with Crippen molar-refractivity contribution in [1.82, 2.24) is 0 Å². The van der Waals surface area contributed by atoms with Crippen molar-refractivity contribution in [3.63, 3.8) is 0 Å². The van der Waals surface area contributed by atoms with Crippen LogP contribution in [0.5, 0.6) is 11.5 Å². The molecular weight excluding hydrogens is 504 g/mol. The zero-order valence-electron chi connectivity index (χ0n) is 18.7. The van der Waals surface area contributed by atoms with Gasteiger partial charge in [-0.1, -0.05) is 53.8 Å². The summed E-state index contributed by atoms with van der Waals surface area (Å²) in [6.07, 6.45) is 1.72. The van der Waals surface area contributed by atoms with Gasteiger partial charge in [-0.15, -0.1) is 0 Å². The molecule has 35 heavy (non-hydrogen) atoms. The van der Waals surface area contributed by atoms with Crippen LogP contribution in [0.15, 0.2) is 77.7 Å². The number of thiocarbonyl (C=S) groups is 1. The molecule has 0 unspecified atom stereocenters. The molecule has 0 aliphatic carbocycles. The SMILES string of the molecule is CCOc1ccc(NC(=O)COc2ccccc2/C=C2\SC(=S)N(c3ccc(Cl)cc3)C2=O)cc1. The van der Waals surface area contributed by atoms with E-state index in [9.17, 15) is 9.59 Å². The molecule has 178 valence electrons. The van der Waals surface area contributed by atoms with Crippen LogP contribution in [0.3, 0.4) is 0 Å². The van der Waals surface area contributed by atoms with Gasteiger partial charge in [0.2, 0.25) is 0 Å². The number of nitrogens with zero attached hydrogens (tertiary/aromatic N) is 1. The summed E-state index contributed by atoms with van der Waals surface area (Å²) in [6, 6.07) is 21.2. The third kappa shape index (κ3) is 6.22. The highest BCUT2D eigenvalue weighted by molar-refractivity contribution is 8.27. The summed E-state index contributed by atoms with van der Waals surface area (Å²) in [5, 5.41) is 3.36. The van der Waals surface area contributed by atoms with E-state index in [2.05, 4.69) is 5.32 Å². The molecule has 0 radical (unpaired) electrons. The number of para-hydroxylation sites is 1. The first kappa shape index (κ1) is 24.8. The minimum atomic E-state index is -0.307. The van der Waals surface area contributed by atoms with Crippen LogP contribution < -0.4 is 19.7 Å². The number of benzene rings is 3. The third-order valence-corrected chi connectivity index (χ3v) is 6.45. The van der Waals surface area contributed by atoms with E-state index in [1.165, 1.54) is 16.7 Å². The first-order chi connectivity index (χ1) is 16.9. The topological polar surface area (TPSA) is 67.9 Å². The van der Waals surface area contributed by atoms with E-state index in [4.69, 9.17) is 33.3 Å². The van der Waals surface area contributed by atoms with E-state index in [1.807, 2.05) is 19.1 Å². The number of thioether (sulfide) groups is 1. The van der Waals surface area contributed by atoms with Crippen molar-refractivity contribution in [1.29, 1.82) is 0 Å². The highest BCUT2D eigenvalue weighted by Crippen LogP contribution is 2.37. The van der Waals surface area contributed by atoms with Gasteiger partial charge in [0.25, 0.3) is 11.8 Å². The molecule has 2 amide bonds. The van der Waals surface area contributed by atoms with Gasteiger partial charge in [0.15, 0.2) is 10.9 Å². The molecule has 1 fully saturated rings. The van der Waals surface area contributed by atoms with Gasteiger partial charge in [-0.2, -0.15) is 0 Å². The van der Waals surface area contributed by atoms with Crippen LogP contribution in [0.4, 0.5) is 11.4 Å². The van der Waals surface area contributed by atoms with Crippen molar-refractivity contribution >= 4 is 69.2 Å². The lowest BCUT2D eigenvalue weighted by Gasteiger charge is -2.14. The second-order valence-corrected chi connectivity index (χ2v) is 9.44. The van der Waals surface area contributed by atoms with Crippen LogP contribution in [-0.2, 0) is 9.59 Å². The van der Waals surface area contributed by atoms with Crippen molar-refractivity contribution in [2.24, 2.45) is 0 Å². The number of carbonyl (C=O) groups excluding carboxylic acids is 2. The number of halogens is 1. The number of hydrogen-bond donors (Lipinski definition) is 1. The largest absolute Gasteiger partial charge is 0.494 e. The second kappa shape index (κ2) is 11.4. The van der Waals surface area contributed by atoms with E-state index in [0.717, 1.165) is 5.75 Å². The standard InChI is InChI=1S/C26H21ClN2O4S2/c1-2-32-21-13-9-19(10-14-21)28-24(30)16-33-22-6-4-3-5-17(22)15-23-25(31)29(26(34)35-23)20-11-7-18(27)8-12-20/h3-15H,2,16H2,1H3,(H,28,30)/b23-15-. The van der Waals surface area contributed by atoms with E-state index < -0.39 is 0 Å². The Morgan fingerprint density at radius 2 is 1.77 bits per heavy atom. The predicted molar refractivity (Wildman–Crippen MR) is 145 cm³/mol. The fraction of sp³-hybridized carbons (Fsp3) is 0.115. The van der Waals surface area contributed by atoms with Gasteiger partial charge in [0.05, 0.1) is 17.2 Å². The van der Waals surface area contributed by atoms with Crippen LogP contribution in [0.2, 0.25) is 5.02 Å². The smallest absolute Gasteiger partial charge is 0.270 e. The Kier molecular flexibility index (Phi) is 8.07. The molecule has 0 atom stereocenters. The number of anilines is 2. The van der Waals surface area contributed by atoms with E-state index in [1.54, 1.807) is 66.7 Å². The first-order valence-electron chi connectivity index (χ1n) is 10.7. The number of amides is 2. The minimum absolute atomic E-state index is 0.191. The van der Waals surface area contributed by atoms with Crippen molar-refractivity contribution in [3.8, 4) is 11.5 Å². The Morgan fingerprint density at radius 3 is 2.49 bits per heavy atom. The maximum Gasteiger partial charge on any atom is 0.270 e. The number of nitrogens with one attached hydrogen (secondary N) is 1. The van der Waals surface area contributed by atoms with Crippen LogP contribution in [0.25, 0.3) is 6.08 Å². The minimum Gasteiger partial charge on any atom is -0.494 e. The highest BCUT2D eigenvalue weighted by Gasteiger charge is 2.33. The van der Waals surface area contributed by atoms with E-state index in [-0.39, 0.29) is 18.4 Å².